The number of aromatic nitrogens is 3. The van der Waals surface area contributed by atoms with E-state index in [0.717, 1.165) is 22.9 Å². The highest BCUT2D eigenvalue weighted by atomic mass is 16.5. The van der Waals surface area contributed by atoms with E-state index >= 15 is 0 Å². The van der Waals surface area contributed by atoms with Crippen molar-refractivity contribution in [2.45, 2.75) is 13.5 Å². The summed E-state index contributed by atoms with van der Waals surface area (Å²) in [5.74, 6) is 1.33. The summed E-state index contributed by atoms with van der Waals surface area (Å²) in [6.07, 6.45) is 3.49. The molecule has 0 aliphatic heterocycles. The lowest BCUT2D eigenvalue weighted by Gasteiger charge is -2.19. The number of nitrogens with one attached hydrogen (secondary N) is 1. The highest BCUT2D eigenvalue weighted by Crippen LogP contribution is 2.32. The highest BCUT2D eigenvalue weighted by molar-refractivity contribution is 5.74. The van der Waals surface area contributed by atoms with Crippen molar-refractivity contribution in [1.29, 1.82) is 0 Å². The average molecular weight is 273 g/mol. The molecule has 0 bridgehead atoms. The van der Waals surface area contributed by atoms with E-state index in [2.05, 4.69) is 20.3 Å². The molecule has 0 atom stereocenters. The highest BCUT2D eigenvalue weighted by Gasteiger charge is 2.12. The Balaban J connectivity index is 2.24. The van der Waals surface area contributed by atoms with Crippen LogP contribution in [-0.4, -0.2) is 36.2 Å². The molecule has 2 aromatic heterocycles. The van der Waals surface area contributed by atoms with Gasteiger partial charge in [0, 0.05) is 26.5 Å². The molecule has 106 valence electrons. The summed E-state index contributed by atoms with van der Waals surface area (Å²) >= 11 is 0. The van der Waals surface area contributed by atoms with Gasteiger partial charge < -0.3 is 15.0 Å². The normalized spacial score (nSPS) is 10.2. The van der Waals surface area contributed by atoms with Gasteiger partial charge in [-0.25, -0.2) is 15.0 Å². The van der Waals surface area contributed by atoms with Crippen molar-refractivity contribution in [3.8, 4) is 5.88 Å². The average Bonchev–Trinajstić information content (AvgIpc) is 2.44. The minimum absolute atomic E-state index is 0.571. The first-order valence-electron chi connectivity index (χ1n) is 6.34. The van der Waals surface area contributed by atoms with Gasteiger partial charge in [-0.2, -0.15) is 0 Å². The van der Waals surface area contributed by atoms with Gasteiger partial charge >= 0.3 is 0 Å². The zero-order valence-corrected chi connectivity index (χ0v) is 12.2. The number of anilines is 2. The van der Waals surface area contributed by atoms with Crippen molar-refractivity contribution < 1.29 is 4.74 Å². The van der Waals surface area contributed by atoms with Crippen LogP contribution in [0.3, 0.4) is 0 Å². The van der Waals surface area contributed by atoms with Crippen LogP contribution in [0.4, 0.5) is 11.4 Å². The molecule has 0 aliphatic carbocycles. The van der Waals surface area contributed by atoms with E-state index in [0.29, 0.717) is 12.4 Å². The van der Waals surface area contributed by atoms with E-state index in [1.165, 1.54) is 0 Å². The monoisotopic (exact) mass is 273 g/mol. The molecule has 0 spiro atoms. The number of methoxy groups -OCH3 is 1. The zero-order chi connectivity index (χ0) is 14.5. The van der Waals surface area contributed by atoms with Crippen molar-refractivity contribution in [1.82, 2.24) is 15.0 Å². The maximum absolute atomic E-state index is 5.32. The lowest BCUT2D eigenvalue weighted by molar-refractivity contribution is 0.400. The minimum Gasteiger partial charge on any atom is -0.479 e. The Bertz CT molecular complexity index is 586. The summed E-state index contributed by atoms with van der Waals surface area (Å²) in [5, 5.41) is 3.34. The molecule has 0 saturated carbocycles. The summed E-state index contributed by atoms with van der Waals surface area (Å²) in [6.45, 7) is 2.46. The molecule has 6 nitrogen and oxygen atoms in total. The predicted octanol–water partition coefficient (Wildman–Crippen LogP) is 1.87. The summed E-state index contributed by atoms with van der Waals surface area (Å²) in [6, 6.07) is 3.83. The maximum Gasteiger partial charge on any atom is 0.239 e. The standard InChI is InChI=1S/C14H19N5O/c1-10-15-7-5-11(18-10)9-17-13-12(19(2)3)6-8-16-14(13)20-4/h5-8,17H,9H2,1-4H3. The van der Waals surface area contributed by atoms with Gasteiger partial charge in [-0.1, -0.05) is 0 Å². The van der Waals surface area contributed by atoms with Crippen molar-refractivity contribution in [2.75, 3.05) is 31.4 Å². The van der Waals surface area contributed by atoms with Crippen molar-refractivity contribution in [3.63, 3.8) is 0 Å². The number of pyridine rings is 1. The quantitative estimate of drug-likeness (QED) is 0.897. The lowest BCUT2D eigenvalue weighted by atomic mass is 10.3. The minimum atomic E-state index is 0.571. The van der Waals surface area contributed by atoms with Crippen molar-refractivity contribution >= 4 is 11.4 Å². The largest absolute Gasteiger partial charge is 0.479 e. The van der Waals surface area contributed by atoms with E-state index in [4.69, 9.17) is 4.74 Å². The van der Waals surface area contributed by atoms with E-state index in [1.54, 1.807) is 19.5 Å². The summed E-state index contributed by atoms with van der Waals surface area (Å²) in [4.78, 5) is 14.7. The molecule has 6 heteroatoms. The SMILES string of the molecule is COc1nccc(N(C)C)c1NCc1ccnc(C)n1. The van der Waals surface area contributed by atoms with Gasteiger partial charge in [-0.05, 0) is 19.1 Å². The van der Waals surface area contributed by atoms with Crippen LogP contribution in [0.2, 0.25) is 0 Å². The third-order valence-corrected chi connectivity index (χ3v) is 2.85. The molecule has 0 aromatic carbocycles. The Labute approximate surface area is 118 Å². The molecule has 0 fully saturated rings. The zero-order valence-electron chi connectivity index (χ0n) is 12.2. The molecular formula is C14H19N5O. The molecule has 0 amide bonds. The molecule has 2 aromatic rings. The van der Waals surface area contributed by atoms with E-state index < -0.39 is 0 Å². The van der Waals surface area contributed by atoms with Crippen LogP contribution in [0, 0.1) is 6.92 Å². The Hall–Kier alpha value is -2.37. The predicted molar refractivity (Wildman–Crippen MR) is 79.2 cm³/mol. The van der Waals surface area contributed by atoms with Gasteiger partial charge in [0.1, 0.15) is 11.5 Å². The first-order chi connectivity index (χ1) is 9.61. The molecule has 0 aliphatic rings. The van der Waals surface area contributed by atoms with Gasteiger partial charge in [-0.15, -0.1) is 0 Å². The lowest BCUT2D eigenvalue weighted by Crippen LogP contribution is -2.14. The van der Waals surface area contributed by atoms with Crippen LogP contribution in [0.15, 0.2) is 24.5 Å². The molecule has 2 rings (SSSR count). The van der Waals surface area contributed by atoms with Crippen LogP contribution in [0.5, 0.6) is 5.88 Å². The number of rotatable bonds is 5. The van der Waals surface area contributed by atoms with Crippen LogP contribution >= 0.6 is 0 Å². The van der Waals surface area contributed by atoms with E-state index in [-0.39, 0.29) is 0 Å². The molecule has 20 heavy (non-hydrogen) atoms. The number of nitrogens with zero attached hydrogens (tertiary/aromatic N) is 4. The van der Waals surface area contributed by atoms with Crippen LogP contribution in [-0.2, 0) is 6.54 Å². The first-order valence-corrected chi connectivity index (χ1v) is 6.34. The van der Waals surface area contributed by atoms with Gasteiger partial charge in [0.25, 0.3) is 0 Å². The second-order valence-corrected chi connectivity index (χ2v) is 4.56. The Kier molecular flexibility index (Phi) is 4.34. The van der Waals surface area contributed by atoms with Gasteiger partial charge in [0.05, 0.1) is 25.0 Å². The van der Waals surface area contributed by atoms with E-state index in [1.807, 2.05) is 38.1 Å². The van der Waals surface area contributed by atoms with Gasteiger partial charge in [0.2, 0.25) is 5.88 Å². The Morgan fingerprint density at radius 3 is 2.60 bits per heavy atom. The molecule has 2 heterocycles. The molecule has 0 unspecified atom stereocenters. The van der Waals surface area contributed by atoms with Crippen LogP contribution in [0.25, 0.3) is 0 Å². The molecule has 0 radical (unpaired) electrons. The Morgan fingerprint density at radius 1 is 1.20 bits per heavy atom. The third-order valence-electron chi connectivity index (χ3n) is 2.85. The fourth-order valence-corrected chi connectivity index (χ4v) is 1.91. The number of aryl methyl sites for hydroxylation is 1. The van der Waals surface area contributed by atoms with E-state index in [9.17, 15) is 0 Å². The van der Waals surface area contributed by atoms with Crippen molar-refractivity contribution in [3.05, 3.63) is 36.0 Å². The summed E-state index contributed by atoms with van der Waals surface area (Å²) in [7, 11) is 5.57. The fourth-order valence-electron chi connectivity index (χ4n) is 1.91. The number of hydrogen-bond acceptors (Lipinski definition) is 6. The van der Waals surface area contributed by atoms with Crippen molar-refractivity contribution in [2.24, 2.45) is 0 Å². The van der Waals surface area contributed by atoms with Crippen LogP contribution in [0.1, 0.15) is 11.5 Å². The summed E-state index contributed by atoms with van der Waals surface area (Å²) < 4.78 is 5.32. The molecule has 0 saturated heterocycles. The third kappa shape index (κ3) is 3.14. The summed E-state index contributed by atoms with van der Waals surface area (Å²) in [5.41, 5.74) is 2.80. The van der Waals surface area contributed by atoms with Crippen LogP contribution < -0.4 is 15.0 Å². The van der Waals surface area contributed by atoms with Gasteiger partial charge in [0.15, 0.2) is 0 Å². The van der Waals surface area contributed by atoms with Gasteiger partial charge in [-0.3, -0.25) is 0 Å². The molecule has 1 N–H and O–H groups in total. The molecular weight excluding hydrogens is 254 g/mol. The number of hydrogen-bond donors (Lipinski definition) is 1. The fraction of sp³-hybridized carbons (Fsp3) is 0.357. The number of ether oxygens (including phenoxy) is 1. The first kappa shape index (κ1) is 14.0. The Morgan fingerprint density at radius 2 is 1.95 bits per heavy atom. The maximum atomic E-state index is 5.32. The smallest absolute Gasteiger partial charge is 0.239 e. The topological polar surface area (TPSA) is 63.2 Å². The second-order valence-electron chi connectivity index (χ2n) is 4.56. The second kappa shape index (κ2) is 6.18.